The van der Waals surface area contributed by atoms with Crippen molar-refractivity contribution >= 4 is 6.21 Å². The van der Waals surface area contributed by atoms with Gasteiger partial charge in [0.25, 0.3) is 0 Å². The Bertz CT molecular complexity index is 722. The first-order valence-corrected chi connectivity index (χ1v) is 9.90. The summed E-state index contributed by atoms with van der Waals surface area (Å²) in [5.74, 6) is 2.05. The Morgan fingerprint density at radius 2 is 1.89 bits per heavy atom. The van der Waals surface area contributed by atoms with Crippen molar-refractivity contribution in [1.82, 2.24) is 0 Å². The SMILES string of the molecule is COc1ccc(C=NCC[C@@H](c2ccccc2)[C@H]2CCOC(C)(C)C2)cc1. The predicted molar refractivity (Wildman–Crippen MR) is 112 cm³/mol. The third-order valence-electron chi connectivity index (χ3n) is 5.46. The Morgan fingerprint density at radius 3 is 2.56 bits per heavy atom. The fourth-order valence-electron chi connectivity index (χ4n) is 4.07. The fourth-order valence-corrected chi connectivity index (χ4v) is 4.07. The van der Waals surface area contributed by atoms with E-state index in [1.807, 2.05) is 30.5 Å². The van der Waals surface area contributed by atoms with E-state index in [1.54, 1.807) is 7.11 Å². The van der Waals surface area contributed by atoms with Crippen molar-refractivity contribution in [3.63, 3.8) is 0 Å². The molecule has 144 valence electrons. The molecular weight excluding hydrogens is 334 g/mol. The molecule has 0 N–H and O–H groups in total. The van der Waals surface area contributed by atoms with Gasteiger partial charge in [-0.15, -0.1) is 0 Å². The summed E-state index contributed by atoms with van der Waals surface area (Å²) in [4.78, 5) is 4.70. The number of ether oxygens (including phenoxy) is 2. The Hall–Kier alpha value is -2.13. The topological polar surface area (TPSA) is 30.8 Å². The molecule has 3 heteroatoms. The molecule has 1 aliphatic heterocycles. The second kappa shape index (κ2) is 9.18. The van der Waals surface area contributed by atoms with Gasteiger partial charge in [-0.3, -0.25) is 4.99 Å². The average molecular weight is 366 g/mol. The van der Waals surface area contributed by atoms with Gasteiger partial charge in [-0.05, 0) is 80.3 Å². The van der Waals surface area contributed by atoms with Gasteiger partial charge in [-0.25, -0.2) is 0 Å². The summed E-state index contributed by atoms with van der Waals surface area (Å²) in [5.41, 5.74) is 2.52. The molecule has 1 fully saturated rings. The van der Waals surface area contributed by atoms with Gasteiger partial charge in [-0.1, -0.05) is 30.3 Å². The summed E-state index contributed by atoms with van der Waals surface area (Å²) >= 11 is 0. The number of aliphatic imine (C=N–C) groups is 1. The van der Waals surface area contributed by atoms with Crippen molar-refractivity contribution < 1.29 is 9.47 Å². The van der Waals surface area contributed by atoms with Crippen LogP contribution in [0.1, 0.15) is 50.2 Å². The molecule has 0 unspecified atom stereocenters. The largest absolute Gasteiger partial charge is 0.497 e. The molecule has 3 nitrogen and oxygen atoms in total. The van der Waals surface area contributed by atoms with Crippen molar-refractivity contribution in [2.75, 3.05) is 20.3 Å². The maximum atomic E-state index is 5.94. The van der Waals surface area contributed by atoms with Crippen molar-refractivity contribution in [3.05, 3.63) is 65.7 Å². The molecule has 1 saturated heterocycles. The minimum Gasteiger partial charge on any atom is -0.497 e. The molecule has 1 aliphatic rings. The van der Waals surface area contributed by atoms with Crippen LogP contribution >= 0.6 is 0 Å². The smallest absolute Gasteiger partial charge is 0.118 e. The predicted octanol–water partition coefficient (Wildman–Crippen LogP) is 5.49. The Labute approximate surface area is 163 Å². The van der Waals surface area contributed by atoms with Crippen LogP contribution in [0.25, 0.3) is 0 Å². The summed E-state index contributed by atoms with van der Waals surface area (Å²) in [6, 6.07) is 18.9. The zero-order valence-corrected chi connectivity index (χ0v) is 16.7. The van der Waals surface area contributed by atoms with Crippen LogP contribution in [0.3, 0.4) is 0 Å². The normalized spacial score (nSPS) is 20.5. The van der Waals surface area contributed by atoms with E-state index in [4.69, 9.17) is 14.5 Å². The average Bonchev–Trinajstić information content (AvgIpc) is 2.68. The number of rotatable bonds is 7. The molecular formula is C24H31NO2. The lowest BCUT2D eigenvalue weighted by atomic mass is 9.75. The lowest BCUT2D eigenvalue weighted by Gasteiger charge is -2.39. The molecule has 3 rings (SSSR count). The molecule has 0 aromatic heterocycles. The van der Waals surface area contributed by atoms with Gasteiger partial charge < -0.3 is 9.47 Å². The third kappa shape index (κ3) is 5.67. The maximum absolute atomic E-state index is 5.94. The van der Waals surface area contributed by atoms with E-state index < -0.39 is 0 Å². The Balaban J connectivity index is 1.65. The molecule has 1 heterocycles. The van der Waals surface area contributed by atoms with Gasteiger partial charge in [0, 0.05) is 19.4 Å². The van der Waals surface area contributed by atoms with Crippen LogP contribution in [0.2, 0.25) is 0 Å². The highest BCUT2D eigenvalue weighted by atomic mass is 16.5. The third-order valence-corrected chi connectivity index (χ3v) is 5.46. The fraction of sp³-hybridized carbons (Fsp3) is 0.458. The van der Waals surface area contributed by atoms with Crippen molar-refractivity contribution in [2.45, 2.75) is 44.6 Å². The van der Waals surface area contributed by atoms with E-state index in [-0.39, 0.29) is 5.60 Å². The van der Waals surface area contributed by atoms with Crippen LogP contribution in [-0.4, -0.2) is 32.1 Å². The van der Waals surface area contributed by atoms with E-state index in [1.165, 1.54) is 5.56 Å². The quantitative estimate of drug-likeness (QED) is 0.607. The van der Waals surface area contributed by atoms with Crippen molar-refractivity contribution in [2.24, 2.45) is 10.9 Å². The zero-order valence-electron chi connectivity index (χ0n) is 16.7. The van der Waals surface area contributed by atoms with Crippen LogP contribution in [0, 0.1) is 5.92 Å². The van der Waals surface area contributed by atoms with Crippen LogP contribution in [-0.2, 0) is 4.74 Å². The second-order valence-corrected chi connectivity index (χ2v) is 7.98. The molecule has 2 aromatic rings. The number of benzene rings is 2. The summed E-state index contributed by atoms with van der Waals surface area (Å²) in [7, 11) is 1.68. The molecule has 2 aromatic carbocycles. The molecule has 0 aliphatic carbocycles. The summed E-state index contributed by atoms with van der Waals surface area (Å²) in [6.45, 7) is 6.12. The first-order chi connectivity index (χ1) is 13.1. The van der Waals surface area contributed by atoms with Gasteiger partial charge in [0.15, 0.2) is 0 Å². The van der Waals surface area contributed by atoms with E-state index in [2.05, 4.69) is 44.2 Å². The molecule has 27 heavy (non-hydrogen) atoms. The standard InChI is InChI=1S/C24H31NO2/c1-24(2)17-21(14-16-27-24)23(20-7-5-4-6-8-20)13-15-25-18-19-9-11-22(26-3)12-10-19/h4-12,18,21,23H,13-17H2,1-3H3/t21-,23-/m0/s1. The first kappa shape index (κ1) is 19.6. The molecule has 0 spiro atoms. The zero-order chi connectivity index (χ0) is 19.1. The highest BCUT2D eigenvalue weighted by molar-refractivity contribution is 5.79. The van der Waals surface area contributed by atoms with E-state index in [9.17, 15) is 0 Å². The maximum Gasteiger partial charge on any atom is 0.118 e. The number of hydrogen-bond acceptors (Lipinski definition) is 3. The highest BCUT2D eigenvalue weighted by Crippen LogP contribution is 2.39. The Kier molecular flexibility index (Phi) is 6.68. The highest BCUT2D eigenvalue weighted by Gasteiger charge is 2.33. The van der Waals surface area contributed by atoms with Gasteiger partial charge >= 0.3 is 0 Å². The minimum atomic E-state index is -0.0255. The number of methoxy groups -OCH3 is 1. The molecule has 0 bridgehead atoms. The molecule has 0 amide bonds. The van der Waals surface area contributed by atoms with Crippen LogP contribution in [0.15, 0.2) is 59.6 Å². The number of nitrogens with zero attached hydrogens (tertiary/aromatic N) is 1. The van der Waals surface area contributed by atoms with Crippen LogP contribution in [0.5, 0.6) is 5.75 Å². The van der Waals surface area contributed by atoms with Gasteiger partial charge in [0.2, 0.25) is 0 Å². The van der Waals surface area contributed by atoms with Crippen molar-refractivity contribution in [3.8, 4) is 5.75 Å². The lowest BCUT2D eigenvalue weighted by Crippen LogP contribution is -2.36. The lowest BCUT2D eigenvalue weighted by molar-refractivity contribution is -0.0771. The van der Waals surface area contributed by atoms with E-state index in [0.717, 1.165) is 43.7 Å². The van der Waals surface area contributed by atoms with Crippen LogP contribution < -0.4 is 4.74 Å². The second-order valence-electron chi connectivity index (χ2n) is 7.98. The van der Waals surface area contributed by atoms with Gasteiger partial charge in [0.1, 0.15) is 5.75 Å². The molecule has 0 radical (unpaired) electrons. The van der Waals surface area contributed by atoms with Crippen molar-refractivity contribution in [1.29, 1.82) is 0 Å². The molecule has 0 saturated carbocycles. The minimum absolute atomic E-state index is 0.0255. The van der Waals surface area contributed by atoms with Gasteiger partial charge in [0.05, 0.1) is 12.7 Å². The van der Waals surface area contributed by atoms with E-state index in [0.29, 0.717) is 11.8 Å². The monoisotopic (exact) mass is 365 g/mol. The Morgan fingerprint density at radius 1 is 1.15 bits per heavy atom. The summed E-state index contributed by atoms with van der Waals surface area (Å²) in [5, 5.41) is 0. The summed E-state index contributed by atoms with van der Waals surface area (Å²) in [6.07, 6.45) is 5.27. The number of hydrogen-bond donors (Lipinski definition) is 0. The molecule has 2 atom stereocenters. The van der Waals surface area contributed by atoms with Crippen LogP contribution in [0.4, 0.5) is 0 Å². The summed E-state index contributed by atoms with van der Waals surface area (Å²) < 4.78 is 11.1. The first-order valence-electron chi connectivity index (χ1n) is 9.90. The van der Waals surface area contributed by atoms with Gasteiger partial charge in [-0.2, -0.15) is 0 Å². The van der Waals surface area contributed by atoms with E-state index >= 15 is 0 Å².